The first-order valence-corrected chi connectivity index (χ1v) is 7.17. The van der Waals surface area contributed by atoms with Crippen molar-refractivity contribution < 1.29 is 8.78 Å². The molecule has 1 atom stereocenters. The summed E-state index contributed by atoms with van der Waals surface area (Å²) >= 11 is 0. The minimum Gasteiger partial charge on any atom is -0.316 e. The molecular weight excluding hydrogens is 220 g/mol. The van der Waals surface area contributed by atoms with Crippen molar-refractivity contribution in [1.82, 2.24) is 5.32 Å². The fraction of sp³-hybridized carbons (Fsp3) is 1.00. The van der Waals surface area contributed by atoms with Crippen molar-refractivity contribution in [2.45, 2.75) is 69.8 Å². The largest absolute Gasteiger partial charge is 0.316 e. The SMILES string of the molecule is CNC(C1CCCCC1)C1CCC(F)(F)CC1. The lowest BCUT2D eigenvalue weighted by molar-refractivity contribution is -0.0524. The summed E-state index contributed by atoms with van der Waals surface area (Å²) in [6.45, 7) is 0. The molecule has 3 heteroatoms. The zero-order chi connectivity index (χ0) is 12.3. The zero-order valence-electron chi connectivity index (χ0n) is 10.9. The van der Waals surface area contributed by atoms with Gasteiger partial charge >= 0.3 is 0 Å². The van der Waals surface area contributed by atoms with Crippen LogP contribution in [0.5, 0.6) is 0 Å². The molecule has 1 unspecified atom stereocenters. The molecule has 2 rings (SSSR count). The fourth-order valence-corrected chi connectivity index (χ4v) is 3.77. The molecule has 2 aliphatic rings. The van der Waals surface area contributed by atoms with Crippen LogP contribution in [0.3, 0.4) is 0 Å². The van der Waals surface area contributed by atoms with Crippen LogP contribution in [0, 0.1) is 11.8 Å². The lowest BCUT2D eigenvalue weighted by atomic mass is 9.73. The molecule has 100 valence electrons. The number of alkyl halides is 2. The van der Waals surface area contributed by atoms with E-state index in [0.29, 0.717) is 24.8 Å². The van der Waals surface area contributed by atoms with Crippen LogP contribution in [0.2, 0.25) is 0 Å². The predicted molar refractivity (Wildman–Crippen MR) is 66.3 cm³/mol. The number of nitrogens with one attached hydrogen (secondary N) is 1. The van der Waals surface area contributed by atoms with E-state index >= 15 is 0 Å². The van der Waals surface area contributed by atoms with Gasteiger partial charge in [0.2, 0.25) is 5.92 Å². The van der Waals surface area contributed by atoms with Gasteiger partial charge in [0.15, 0.2) is 0 Å². The van der Waals surface area contributed by atoms with Crippen LogP contribution in [0.25, 0.3) is 0 Å². The first kappa shape index (κ1) is 13.3. The summed E-state index contributed by atoms with van der Waals surface area (Å²) in [4.78, 5) is 0. The van der Waals surface area contributed by atoms with Gasteiger partial charge in [0.05, 0.1) is 0 Å². The van der Waals surface area contributed by atoms with Crippen molar-refractivity contribution >= 4 is 0 Å². The molecule has 2 fully saturated rings. The smallest absolute Gasteiger partial charge is 0.248 e. The molecule has 0 amide bonds. The maximum absolute atomic E-state index is 13.2. The third-order valence-corrected chi connectivity index (χ3v) is 4.76. The number of halogens is 2. The van der Waals surface area contributed by atoms with Crippen LogP contribution in [0.4, 0.5) is 8.78 Å². The lowest BCUT2D eigenvalue weighted by Gasteiger charge is -2.39. The Labute approximate surface area is 103 Å². The van der Waals surface area contributed by atoms with E-state index in [4.69, 9.17) is 0 Å². The van der Waals surface area contributed by atoms with E-state index in [0.717, 1.165) is 5.92 Å². The van der Waals surface area contributed by atoms with E-state index in [1.54, 1.807) is 0 Å². The summed E-state index contributed by atoms with van der Waals surface area (Å²) in [6, 6.07) is 0.478. The topological polar surface area (TPSA) is 12.0 Å². The van der Waals surface area contributed by atoms with E-state index in [1.165, 1.54) is 32.1 Å². The highest BCUT2D eigenvalue weighted by Crippen LogP contribution is 2.40. The van der Waals surface area contributed by atoms with Gasteiger partial charge in [-0.1, -0.05) is 19.3 Å². The van der Waals surface area contributed by atoms with Crippen LogP contribution >= 0.6 is 0 Å². The standard InChI is InChI=1S/C14H25F2N/c1-17-13(11-5-3-2-4-6-11)12-7-9-14(15,16)10-8-12/h11-13,17H,2-10H2,1H3. The second-order valence-corrected chi connectivity index (χ2v) is 5.91. The van der Waals surface area contributed by atoms with Crippen LogP contribution in [-0.2, 0) is 0 Å². The average molecular weight is 245 g/mol. The van der Waals surface area contributed by atoms with Gasteiger partial charge < -0.3 is 5.32 Å². The third-order valence-electron chi connectivity index (χ3n) is 4.76. The van der Waals surface area contributed by atoms with Crippen molar-refractivity contribution in [3.63, 3.8) is 0 Å². The molecule has 1 nitrogen and oxygen atoms in total. The van der Waals surface area contributed by atoms with Crippen molar-refractivity contribution in [3.8, 4) is 0 Å². The van der Waals surface area contributed by atoms with Gasteiger partial charge in [0.25, 0.3) is 0 Å². The Hall–Kier alpha value is -0.180. The quantitative estimate of drug-likeness (QED) is 0.793. The number of rotatable bonds is 3. The Bertz CT molecular complexity index is 226. The fourth-order valence-electron chi connectivity index (χ4n) is 3.77. The second kappa shape index (κ2) is 5.64. The van der Waals surface area contributed by atoms with E-state index in [-0.39, 0.29) is 12.8 Å². The van der Waals surface area contributed by atoms with E-state index in [9.17, 15) is 8.78 Å². The highest BCUT2D eigenvalue weighted by Gasteiger charge is 2.39. The monoisotopic (exact) mass is 245 g/mol. The second-order valence-electron chi connectivity index (χ2n) is 5.91. The van der Waals surface area contributed by atoms with E-state index in [1.807, 2.05) is 7.05 Å². The zero-order valence-corrected chi connectivity index (χ0v) is 10.9. The van der Waals surface area contributed by atoms with E-state index in [2.05, 4.69) is 5.32 Å². The molecule has 0 spiro atoms. The molecular formula is C14H25F2N. The molecule has 0 aromatic rings. The van der Waals surface area contributed by atoms with Gasteiger partial charge in [-0.3, -0.25) is 0 Å². The van der Waals surface area contributed by atoms with Crippen molar-refractivity contribution in [2.75, 3.05) is 7.05 Å². The number of hydrogen-bond acceptors (Lipinski definition) is 1. The van der Waals surface area contributed by atoms with Crippen molar-refractivity contribution in [1.29, 1.82) is 0 Å². The Morgan fingerprint density at radius 1 is 0.941 bits per heavy atom. The minimum absolute atomic E-state index is 0.0998. The summed E-state index contributed by atoms with van der Waals surface area (Å²) in [7, 11) is 2.01. The van der Waals surface area contributed by atoms with Crippen LogP contribution in [-0.4, -0.2) is 19.0 Å². The van der Waals surface area contributed by atoms with Crippen LogP contribution < -0.4 is 5.32 Å². The normalized spacial score (nSPS) is 29.1. The molecule has 2 saturated carbocycles. The maximum atomic E-state index is 13.2. The summed E-state index contributed by atoms with van der Waals surface area (Å²) in [5, 5.41) is 3.42. The Morgan fingerprint density at radius 3 is 2.00 bits per heavy atom. The summed E-state index contributed by atoms with van der Waals surface area (Å²) in [6.07, 6.45) is 8.19. The van der Waals surface area contributed by atoms with Gasteiger partial charge in [-0.15, -0.1) is 0 Å². The summed E-state index contributed by atoms with van der Waals surface area (Å²) in [5.41, 5.74) is 0. The van der Waals surface area contributed by atoms with Crippen LogP contribution in [0.15, 0.2) is 0 Å². The van der Waals surface area contributed by atoms with Crippen LogP contribution in [0.1, 0.15) is 57.8 Å². The number of hydrogen-bond donors (Lipinski definition) is 1. The minimum atomic E-state index is -2.39. The molecule has 0 heterocycles. The summed E-state index contributed by atoms with van der Waals surface area (Å²) in [5.74, 6) is -1.19. The molecule has 0 bridgehead atoms. The highest BCUT2D eigenvalue weighted by molar-refractivity contribution is 4.88. The maximum Gasteiger partial charge on any atom is 0.248 e. The van der Waals surface area contributed by atoms with Crippen molar-refractivity contribution in [3.05, 3.63) is 0 Å². The van der Waals surface area contributed by atoms with Gasteiger partial charge in [-0.2, -0.15) is 0 Å². The Morgan fingerprint density at radius 2 is 1.47 bits per heavy atom. The molecule has 0 saturated heterocycles. The molecule has 0 aromatic heterocycles. The molecule has 17 heavy (non-hydrogen) atoms. The van der Waals surface area contributed by atoms with Crippen molar-refractivity contribution in [2.24, 2.45) is 11.8 Å². The Kier molecular flexibility index (Phi) is 4.40. The first-order chi connectivity index (χ1) is 8.12. The highest BCUT2D eigenvalue weighted by atomic mass is 19.3. The predicted octanol–water partition coefficient (Wildman–Crippen LogP) is 3.98. The van der Waals surface area contributed by atoms with E-state index < -0.39 is 5.92 Å². The van der Waals surface area contributed by atoms with Gasteiger partial charge in [0.1, 0.15) is 0 Å². The van der Waals surface area contributed by atoms with Gasteiger partial charge in [-0.25, -0.2) is 8.78 Å². The average Bonchev–Trinajstić information content (AvgIpc) is 2.33. The molecule has 0 aliphatic heterocycles. The molecule has 0 radical (unpaired) electrons. The first-order valence-electron chi connectivity index (χ1n) is 7.17. The molecule has 1 N–H and O–H groups in total. The Balaban J connectivity index is 1.89. The molecule has 0 aromatic carbocycles. The molecule has 2 aliphatic carbocycles. The third kappa shape index (κ3) is 3.40. The van der Waals surface area contributed by atoms with Gasteiger partial charge in [0, 0.05) is 18.9 Å². The summed E-state index contributed by atoms with van der Waals surface area (Å²) < 4.78 is 26.3. The lowest BCUT2D eigenvalue weighted by Crippen LogP contribution is -2.43. The van der Waals surface area contributed by atoms with Gasteiger partial charge in [-0.05, 0) is 44.6 Å².